The van der Waals surface area contributed by atoms with E-state index in [1.54, 1.807) is 24.0 Å². The first-order valence-electron chi connectivity index (χ1n) is 10.3. The van der Waals surface area contributed by atoms with Crippen molar-refractivity contribution in [2.75, 3.05) is 23.9 Å². The summed E-state index contributed by atoms with van der Waals surface area (Å²) in [6, 6.07) is 8.58. The molecule has 8 nitrogen and oxygen atoms in total. The van der Waals surface area contributed by atoms with Gasteiger partial charge in [-0.05, 0) is 56.4 Å². The first kappa shape index (κ1) is 24.0. The van der Waals surface area contributed by atoms with E-state index in [1.807, 2.05) is 13.0 Å². The van der Waals surface area contributed by atoms with Crippen LogP contribution >= 0.6 is 11.6 Å². The van der Waals surface area contributed by atoms with E-state index in [-0.39, 0.29) is 15.8 Å². The van der Waals surface area contributed by atoms with Gasteiger partial charge in [-0.25, -0.2) is 8.42 Å². The number of anilines is 1. The van der Waals surface area contributed by atoms with Crippen LogP contribution in [-0.4, -0.2) is 43.8 Å². The molecule has 1 saturated heterocycles. The van der Waals surface area contributed by atoms with E-state index in [0.717, 1.165) is 28.8 Å². The van der Waals surface area contributed by atoms with Crippen molar-refractivity contribution in [3.8, 4) is 0 Å². The van der Waals surface area contributed by atoms with Gasteiger partial charge >= 0.3 is 0 Å². The third kappa shape index (κ3) is 5.05. The molecule has 0 N–H and O–H groups in total. The van der Waals surface area contributed by atoms with Crippen LogP contribution in [0.2, 0.25) is 5.02 Å². The molecule has 1 aliphatic rings. The number of hydrogen-bond donors (Lipinski definition) is 0. The largest absolute Gasteiger partial charge is 0.341 e. The van der Waals surface area contributed by atoms with Crippen LogP contribution in [0.25, 0.3) is 0 Å². The van der Waals surface area contributed by atoms with Crippen LogP contribution in [0.1, 0.15) is 30.9 Å². The molecule has 0 atom stereocenters. The van der Waals surface area contributed by atoms with Gasteiger partial charge < -0.3 is 4.90 Å². The zero-order valence-electron chi connectivity index (χ0n) is 18.2. The fourth-order valence-corrected chi connectivity index (χ4v) is 5.47. The van der Waals surface area contributed by atoms with Gasteiger partial charge in [0.1, 0.15) is 11.6 Å². The van der Waals surface area contributed by atoms with Crippen LogP contribution in [-0.2, 0) is 14.8 Å². The lowest BCUT2D eigenvalue weighted by atomic mass is 9.99. The summed E-state index contributed by atoms with van der Waals surface area (Å²) in [4.78, 5) is 25.0. The molecule has 3 rings (SSSR count). The molecule has 0 aliphatic carbocycles. The maximum absolute atomic E-state index is 13.6. The monoisotopic (exact) mass is 479 g/mol. The average molecular weight is 480 g/mol. The summed E-state index contributed by atoms with van der Waals surface area (Å²) in [7, 11) is -4.28. The van der Waals surface area contributed by atoms with E-state index in [2.05, 4.69) is 6.92 Å². The molecule has 0 aromatic heterocycles. The Kier molecular flexibility index (Phi) is 7.09. The Morgan fingerprint density at radius 1 is 1.19 bits per heavy atom. The first-order valence-corrected chi connectivity index (χ1v) is 12.1. The molecule has 172 valence electrons. The second-order valence-corrected chi connectivity index (χ2v) is 10.5. The van der Waals surface area contributed by atoms with Gasteiger partial charge in [-0.15, -0.1) is 0 Å². The third-order valence-electron chi connectivity index (χ3n) is 5.74. The van der Waals surface area contributed by atoms with Crippen LogP contribution in [0.4, 0.5) is 11.4 Å². The number of halogens is 1. The molecular formula is C22H26ClN3O5S. The molecule has 0 saturated carbocycles. The van der Waals surface area contributed by atoms with E-state index < -0.39 is 27.2 Å². The summed E-state index contributed by atoms with van der Waals surface area (Å²) >= 11 is 5.87. The van der Waals surface area contributed by atoms with Gasteiger partial charge in [0.2, 0.25) is 5.91 Å². The lowest BCUT2D eigenvalue weighted by Gasteiger charge is -2.33. The Labute approximate surface area is 193 Å². The molecule has 1 fully saturated rings. The minimum absolute atomic E-state index is 0.162. The van der Waals surface area contributed by atoms with Crippen LogP contribution in [0.5, 0.6) is 0 Å². The SMILES string of the molecule is Cc1ccc(N(CC(=O)N2CCC(C)CC2)S(=O)(=O)c2ccc(Cl)c([N+](=O)[O-])c2)c(C)c1. The second-order valence-electron chi connectivity index (χ2n) is 8.24. The lowest BCUT2D eigenvalue weighted by Crippen LogP contribution is -2.46. The zero-order chi connectivity index (χ0) is 23.6. The standard InChI is InChI=1S/C22H26ClN3O5S/c1-15-8-10-24(11-9-15)22(27)14-25(20-7-4-16(2)12-17(20)3)32(30,31)18-5-6-19(23)21(13-18)26(28)29/h4-7,12-13,15H,8-11,14H2,1-3H3. The van der Waals surface area contributed by atoms with Crippen molar-refractivity contribution >= 4 is 38.9 Å². The molecule has 0 bridgehead atoms. The van der Waals surface area contributed by atoms with E-state index in [0.29, 0.717) is 30.3 Å². The molecule has 1 amide bonds. The van der Waals surface area contributed by atoms with E-state index in [4.69, 9.17) is 11.6 Å². The molecule has 1 aliphatic heterocycles. The highest BCUT2D eigenvalue weighted by Gasteiger charge is 2.32. The Balaban J connectivity index is 2.04. The number of nitrogens with zero attached hydrogens (tertiary/aromatic N) is 3. The molecule has 0 unspecified atom stereocenters. The van der Waals surface area contributed by atoms with Crippen molar-refractivity contribution in [3.63, 3.8) is 0 Å². The van der Waals surface area contributed by atoms with Crippen molar-refractivity contribution in [2.24, 2.45) is 5.92 Å². The molecule has 0 spiro atoms. The van der Waals surface area contributed by atoms with Gasteiger partial charge in [-0.2, -0.15) is 0 Å². The van der Waals surface area contributed by atoms with Gasteiger partial charge in [-0.3, -0.25) is 19.2 Å². The number of nitro benzene ring substituents is 1. The van der Waals surface area contributed by atoms with Crippen LogP contribution in [0, 0.1) is 29.9 Å². The number of benzene rings is 2. The van der Waals surface area contributed by atoms with Crippen molar-refractivity contribution in [3.05, 3.63) is 62.7 Å². The predicted octanol–water partition coefficient (Wildman–Crippen LogP) is 4.32. The Hall–Kier alpha value is -2.65. The number of nitro groups is 1. The number of rotatable bonds is 6. The molecular weight excluding hydrogens is 454 g/mol. The van der Waals surface area contributed by atoms with Crippen molar-refractivity contribution in [2.45, 2.75) is 38.5 Å². The molecule has 2 aromatic carbocycles. The second kappa shape index (κ2) is 9.46. The minimum Gasteiger partial charge on any atom is -0.341 e. The summed E-state index contributed by atoms with van der Waals surface area (Å²) in [5.74, 6) is 0.219. The van der Waals surface area contributed by atoms with Crippen molar-refractivity contribution in [1.82, 2.24) is 4.90 Å². The highest BCUT2D eigenvalue weighted by atomic mass is 35.5. The normalized spacial score (nSPS) is 14.9. The Bertz CT molecular complexity index is 1140. The zero-order valence-corrected chi connectivity index (χ0v) is 19.8. The highest BCUT2D eigenvalue weighted by molar-refractivity contribution is 7.92. The first-order chi connectivity index (χ1) is 15.0. The molecule has 32 heavy (non-hydrogen) atoms. The van der Waals surface area contributed by atoms with E-state index in [9.17, 15) is 23.3 Å². The highest BCUT2D eigenvalue weighted by Crippen LogP contribution is 2.32. The van der Waals surface area contributed by atoms with E-state index >= 15 is 0 Å². The fourth-order valence-electron chi connectivity index (χ4n) is 3.79. The van der Waals surface area contributed by atoms with Crippen molar-refractivity contribution in [1.29, 1.82) is 0 Å². The van der Waals surface area contributed by atoms with Crippen molar-refractivity contribution < 1.29 is 18.1 Å². The van der Waals surface area contributed by atoms with Gasteiger partial charge in [0, 0.05) is 19.2 Å². The lowest BCUT2D eigenvalue weighted by molar-refractivity contribution is -0.384. The summed E-state index contributed by atoms with van der Waals surface area (Å²) in [6.45, 7) is 6.54. The fraction of sp³-hybridized carbons (Fsp3) is 0.409. The number of carbonyl (C=O) groups excluding carboxylic acids is 1. The molecule has 1 heterocycles. The Morgan fingerprint density at radius 2 is 1.84 bits per heavy atom. The Morgan fingerprint density at radius 3 is 2.44 bits per heavy atom. The van der Waals surface area contributed by atoms with E-state index in [1.165, 1.54) is 12.1 Å². The van der Waals surface area contributed by atoms with Crippen LogP contribution < -0.4 is 4.31 Å². The number of hydrogen-bond acceptors (Lipinski definition) is 5. The summed E-state index contributed by atoms with van der Waals surface area (Å²) in [5.41, 5.74) is 1.47. The predicted molar refractivity (Wildman–Crippen MR) is 124 cm³/mol. The number of carbonyl (C=O) groups is 1. The smallest absolute Gasteiger partial charge is 0.289 e. The number of amides is 1. The topological polar surface area (TPSA) is 101 Å². The van der Waals surface area contributed by atoms with Gasteiger partial charge in [0.15, 0.2) is 0 Å². The maximum Gasteiger partial charge on any atom is 0.289 e. The summed E-state index contributed by atoms with van der Waals surface area (Å²) in [5, 5.41) is 11.1. The molecule has 10 heteroatoms. The maximum atomic E-state index is 13.6. The van der Waals surface area contributed by atoms with Crippen LogP contribution in [0.3, 0.4) is 0 Å². The average Bonchev–Trinajstić information content (AvgIpc) is 2.72. The number of aryl methyl sites for hydroxylation is 2. The van der Waals surface area contributed by atoms with Gasteiger partial charge in [0.25, 0.3) is 15.7 Å². The minimum atomic E-state index is -4.28. The number of likely N-dealkylation sites (tertiary alicyclic amines) is 1. The number of piperidine rings is 1. The van der Waals surface area contributed by atoms with Gasteiger partial charge in [0.05, 0.1) is 15.5 Å². The third-order valence-corrected chi connectivity index (χ3v) is 7.81. The molecule has 0 radical (unpaired) electrons. The molecule has 2 aromatic rings. The van der Waals surface area contributed by atoms with Crippen LogP contribution in [0.15, 0.2) is 41.3 Å². The number of sulfonamides is 1. The summed E-state index contributed by atoms with van der Waals surface area (Å²) < 4.78 is 28.3. The summed E-state index contributed by atoms with van der Waals surface area (Å²) in [6.07, 6.45) is 1.73. The quantitative estimate of drug-likeness (QED) is 0.453. The van der Waals surface area contributed by atoms with Gasteiger partial charge in [-0.1, -0.05) is 36.2 Å².